The lowest BCUT2D eigenvalue weighted by molar-refractivity contribution is 0.537. The third-order valence-electron chi connectivity index (χ3n) is 1.54. The highest BCUT2D eigenvalue weighted by Crippen LogP contribution is 2.09. The summed E-state index contributed by atoms with van der Waals surface area (Å²) in [5.74, 6) is 0.704. The first-order valence-electron chi connectivity index (χ1n) is 3.64. The van der Waals surface area contributed by atoms with Crippen LogP contribution in [-0.4, -0.2) is 0 Å². The second kappa shape index (κ2) is 7.96. The Balaban J connectivity index is 0. The highest BCUT2D eigenvalue weighted by Gasteiger charge is 1.94. The van der Waals surface area contributed by atoms with Crippen molar-refractivity contribution in [2.24, 2.45) is 5.92 Å². The van der Waals surface area contributed by atoms with Crippen molar-refractivity contribution >= 4 is 0 Å². The van der Waals surface area contributed by atoms with E-state index in [0.717, 1.165) is 0 Å². The average Bonchev–Trinajstić information content (AvgIpc) is 1.83. The van der Waals surface area contributed by atoms with Crippen LogP contribution in [0.3, 0.4) is 0 Å². The van der Waals surface area contributed by atoms with Gasteiger partial charge >= 0.3 is 0 Å². The van der Waals surface area contributed by atoms with Crippen LogP contribution < -0.4 is 6.15 Å². The summed E-state index contributed by atoms with van der Waals surface area (Å²) >= 11 is 0. The summed E-state index contributed by atoms with van der Waals surface area (Å²) in [6.07, 6.45) is 5.21. The molecule has 0 aliphatic carbocycles. The molecule has 0 aromatic carbocycles. The zero-order valence-electron chi connectivity index (χ0n) is 6.82. The van der Waals surface area contributed by atoms with E-state index in [-0.39, 0.29) is 6.15 Å². The minimum absolute atomic E-state index is 0. The molecule has 57 valence electrons. The number of hydrogen-bond acceptors (Lipinski definition) is 1. The van der Waals surface area contributed by atoms with Crippen LogP contribution in [0.2, 0.25) is 0 Å². The van der Waals surface area contributed by atoms with Gasteiger partial charge in [-0.25, -0.2) is 0 Å². The van der Waals surface area contributed by atoms with Crippen molar-refractivity contribution < 1.29 is 0 Å². The van der Waals surface area contributed by atoms with E-state index in [4.69, 9.17) is 0 Å². The highest BCUT2D eigenvalue weighted by molar-refractivity contribution is 4.57. The molecule has 0 saturated heterocycles. The molecule has 3 N–H and O–H groups in total. The van der Waals surface area contributed by atoms with E-state index >= 15 is 0 Å². The fraction of sp³-hybridized carbons (Fsp3) is 0.875. The van der Waals surface area contributed by atoms with Gasteiger partial charge in [0.15, 0.2) is 0 Å². The Bertz CT molecular complexity index is 43.8. The summed E-state index contributed by atoms with van der Waals surface area (Å²) in [4.78, 5) is 0. The van der Waals surface area contributed by atoms with Gasteiger partial charge in [-0.3, -0.25) is 0 Å². The summed E-state index contributed by atoms with van der Waals surface area (Å²) in [6, 6.07) is 0. The van der Waals surface area contributed by atoms with Gasteiger partial charge in [-0.2, -0.15) is 0 Å². The summed E-state index contributed by atoms with van der Waals surface area (Å²) in [5.41, 5.74) is 0. The zero-order chi connectivity index (χ0) is 6.41. The standard InChI is InChI=1S/C8H17.H3N/c1-4-6-7-8(3)5-2;/h8H,3-7H2,1-2H3;1H3. The van der Waals surface area contributed by atoms with Gasteiger partial charge in [-0.15, -0.1) is 0 Å². The maximum Gasteiger partial charge on any atom is -0.0417 e. The normalized spacial score (nSPS) is 12.3. The van der Waals surface area contributed by atoms with Crippen molar-refractivity contribution in [1.29, 1.82) is 0 Å². The molecule has 0 heterocycles. The lowest BCUT2D eigenvalue weighted by Gasteiger charge is -2.04. The maximum absolute atomic E-state index is 3.99. The molecule has 1 atom stereocenters. The molecule has 0 rings (SSSR count). The molecule has 0 spiro atoms. The Labute approximate surface area is 59.4 Å². The third kappa shape index (κ3) is 7.96. The first-order chi connectivity index (χ1) is 3.81. The Morgan fingerprint density at radius 1 is 1.33 bits per heavy atom. The van der Waals surface area contributed by atoms with Gasteiger partial charge in [0.2, 0.25) is 0 Å². The lowest BCUT2D eigenvalue weighted by atomic mass is 10.0. The minimum atomic E-state index is 0. The van der Waals surface area contributed by atoms with Crippen molar-refractivity contribution in [1.82, 2.24) is 6.15 Å². The van der Waals surface area contributed by atoms with Crippen molar-refractivity contribution in [3.8, 4) is 0 Å². The van der Waals surface area contributed by atoms with Gasteiger partial charge in [-0.05, 0) is 5.92 Å². The lowest BCUT2D eigenvalue weighted by Crippen LogP contribution is -1.90. The van der Waals surface area contributed by atoms with Crippen molar-refractivity contribution in [2.75, 3.05) is 0 Å². The minimum Gasteiger partial charge on any atom is -0.344 e. The van der Waals surface area contributed by atoms with Gasteiger partial charge in [-0.1, -0.05) is 46.5 Å². The topological polar surface area (TPSA) is 35.0 Å². The van der Waals surface area contributed by atoms with E-state index in [9.17, 15) is 0 Å². The molecule has 0 amide bonds. The first kappa shape index (κ1) is 11.7. The summed E-state index contributed by atoms with van der Waals surface area (Å²) in [7, 11) is 0. The van der Waals surface area contributed by atoms with Crippen LogP contribution in [0.15, 0.2) is 0 Å². The Morgan fingerprint density at radius 3 is 2.22 bits per heavy atom. The van der Waals surface area contributed by atoms with E-state index in [1.165, 1.54) is 25.7 Å². The quantitative estimate of drug-likeness (QED) is 0.623. The van der Waals surface area contributed by atoms with Crippen LogP contribution in [-0.2, 0) is 0 Å². The van der Waals surface area contributed by atoms with Gasteiger partial charge in [0.25, 0.3) is 0 Å². The van der Waals surface area contributed by atoms with E-state index in [2.05, 4.69) is 20.8 Å². The van der Waals surface area contributed by atoms with Gasteiger partial charge in [0.1, 0.15) is 0 Å². The molecule has 0 aromatic heterocycles. The van der Waals surface area contributed by atoms with E-state index < -0.39 is 0 Å². The van der Waals surface area contributed by atoms with Crippen LogP contribution in [0, 0.1) is 12.8 Å². The molecular weight excluding hydrogens is 110 g/mol. The van der Waals surface area contributed by atoms with E-state index in [0.29, 0.717) is 5.92 Å². The molecular formula is C8H20N. The molecule has 0 aliphatic rings. The van der Waals surface area contributed by atoms with Crippen LogP contribution >= 0.6 is 0 Å². The molecule has 9 heavy (non-hydrogen) atoms. The molecule has 1 radical (unpaired) electrons. The Hall–Kier alpha value is -0.0400. The molecule has 0 bridgehead atoms. The van der Waals surface area contributed by atoms with E-state index in [1.54, 1.807) is 0 Å². The molecule has 1 nitrogen and oxygen atoms in total. The van der Waals surface area contributed by atoms with Gasteiger partial charge in [0, 0.05) is 0 Å². The summed E-state index contributed by atoms with van der Waals surface area (Å²) in [5, 5.41) is 0. The smallest absolute Gasteiger partial charge is 0.0417 e. The average molecular weight is 130 g/mol. The molecule has 0 aromatic rings. The third-order valence-corrected chi connectivity index (χ3v) is 1.54. The predicted octanol–water partition coefficient (Wildman–Crippen LogP) is 3.20. The maximum atomic E-state index is 3.99. The monoisotopic (exact) mass is 130 g/mol. The Kier molecular flexibility index (Phi) is 10.4. The Morgan fingerprint density at radius 2 is 1.89 bits per heavy atom. The number of rotatable bonds is 4. The van der Waals surface area contributed by atoms with Crippen LogP contribution in [0.25, 0.3) is 0 Å². The fourth-order valence-corrected chi connectivity index (χ4v) is 0.697. The number of unbranched alkanes of at least 4 members (excludes halogenated alkanes) is 1. The van der Waals surface area contributed by atoms with Crippen LogP contribution in [0.5, 0.6) is 0 Å². The number of hydrogen-bond donors (Lipinski definition) is 1. The second-order valence-electron chi connectivity index (χ2n) is 2.42. The van der Waals surface area contributed by atoms with Gasteiger partial charge in [0.05, 0.1) is 0 Å². The second-order valence-corrected chi connectivity index (χ2v) is 2.42. The highest BCUT2D eigenvalue weighted by atomic mass is 14.0. The molecule has 0 saturated carbocycles. The SMILES string of the molecule is N.[CH2]C(CC)CCCC. The van der Waals surface area contributed by atoms with Crippen molar-refractivity contribution in [3.05, 3.63) is 6.92 Å². The fourth-order valence-electron chi connectivity index (χ4n) is 0.697. The first-order valence-corrected chi connectivity index (χ1v) is 3.64. The van der Waals surface area contributed by atoms with Crippen LogP contribution in [0.4, 0.5) is 0 Å². The van der Waals surface area contributed by atoms with E-state index in [1.807, 2.05) is 0 Å². The summed E-state index contributed by atoms with van der Waals surface area (Å²) < 4.78 is 0. The predicted molar refractivity (Wildman–Crippen MR) is 43.7 cm³/mol. The van der Waals surface area contributed by atoms with Crippen molar-refractivity contribution in [2.45, 2.75) is 39.5 Å². The van der Waals surface area contributed by atoms with Gasteiger partial charge < -0.3 is 6.15 Å². The zero-order valence-corrected chi connectivity index (χ0v) is 6.82. The summed E-state index contributed by atoms with van der Waals surface area (Å²) in [6.45, 7) is 8.42. The molecule has 1 unspecified atom stereocenters. The van der Waals surface area contributed by atoms with Crippen LogP contribution in [0.1, 0.15) is 39.5 Å². The molecule has 0 aliphatic heterocycles. The molecule has 1 heteroatoms. The molecule has 0 fully saturated rings. The largest absolute Gasteiger partial charge is 0.344 e. The van der Waals surface area contributed by atoms with Crippen molar-refractivity contribution in [3.63, 3.8) is 0 Å².